The molecule has 0 amide bonds. The van der Waals surface area contributed by atoms with Crippen LogP contribution in [0.3, 0.4) is 0 Å². The maximum Gasteiger partial charge on any atom is 1.00 e. The van der Waals surface area contributed by atoms with E-state index in [0.29, 0.717) is 5.65 Å². The molecule has 0 aromatic carbocycles. The first kappa shape index (κ1) is 32.7. The number of nitrogen functional groups attached to an aromatic ring is 1. The molecule has 134 valence electrons. The van der Waals surface area contributed by atoms with Gasteiger partial charge in [0.15, 0.2) is 11.2 Å². The first-order chi connectivity index (χ1) is 9.72. The molecule has 0 fully saturated rings. The number of aromatic nitrogens is 4. The Kier molecular flexibility index (Phi) is 19.9. The third-order valence-corrected chi connectivity index (χ3v) is 1.96. The van der Waals surface area contributed by atoms with Crippen molar-refractivity contribution in [1.29, 1.82) is 0 Å². The first-order valence-electron chi connectivity index (χ1n) is 5.36. The molecule has 9 N–H and O–H groups in total. The molecule has 0 bridgehead atoms. The summed E-state index contributed by atoms with van der Waals surface area (Å²) in [5.41, 5.74) is 5.60. The molecule has 0 unspecified atom stereocenters. The zero-order valence-electron chi connectivity index (χ0n) is 13.5. The van der Waals surface area contributed by atoms with Crippen LogP contribution >= 0.6 is 7.82 Å². The Labute approximate surface area is 184 Å². The van der Waals surface area contributed by atoms with Gasteiger partial charge < -0.3 is 45.8 Å². The molecule has 14 nitrogen and oxygen atoms in total. The zero-order valence-corrected chi connectivity index (χ0v) is 18.4. The quantitative estimate of drug-likeness (QED) is 0.212. The summed E-state index contributed by atoms with van der Waals surface area (Å²) >= 11 is 0. The van der Waals surface area contributed by atoms with Crippen LogP contribution in [0.4, 0.5) is 5.95 Å². The molecule has 0 saturated heterocycles. The van der Waals surface area contributed by atoms with Gasteiger partial charge in [-0.1, -0.05) is 0 Å². The Morgan fingerprint density at radius 2 is 1.88 bits per heavy atom. The summed E-state index contributed by atoms with van der Waals surface area (Å²) in [5, 5.41) is 8.56. The van der Waals surface area contributed by atoms with E-state index in [9.17, 15) is 4.79 Å². The van der Waals surface area contributed by atoms with E-state index in [0.717, 1.165) is 0 Å². The maximum atomic E-state index is 11.4. The normalized spacial score (nSPS) is 9.44. The van der Waals surface area contributed by atoms with Gasteiger partial charge in [-0.3, -0.25) is 14.3 Å². The van der Waals surface area contributed by atoms with Crippen molar-refractivity contribution in [3.63, 3.8) is 0 Å². The van der Waals surface area contributed by atoms with E-state index in [-0.39, 0.29) is 107 Å². The number of nitrogens with zero attached hydrogens (tertiary/aromatic N) is 3. The number of imidazole rings is 1. The van der Waals surface area contributed by atoms with Gasteiger partial charge in [0, 0.05) is 0 Å². The fraction of sp³-hybridized carbons (Fsp3) is 0.375. The summed E-state index contributed by atoms with van der Waals surface area (Å²) in [4.78, 5) is 45.9. The summed E-state index contributed by atoms with van der Waals surface area (Å²) in [6.45, 7) is 0.300. The number of nitrogens with two attached hydrogens (primary N) is 1. The molecule has 0 saturated carbocycles. The fourth-order valence-electron chi connectivity index (χ4n) is 1.29. The summed E-state index contributed by atoms with van der Waals surface area (Å²) < 4.78 is 15.3. The molecule has 17 heteroatoms. The average Bonchev–Trinajstić information content (AvgIpc) is 2.71. The Morgan fingerprint density at radius 3 is 2.36 bits per heavy atom. The minimum atomic E-state index is -5.14. The van der Waals surface area contributed by atoms with Gasteiger partial charge in [-0.25, -0.2) is 4.98 Å². The third kappa shape index (κ3) is 13.0. The zero-order chi connectivity index (χ0) is 16.0. The van der Waals surface area contributed by atoms with Crippen molar-refractivity contribution in [2.45, 2.75) is 6.73 Å². The number of rotatable bonds is 4. The summed E-state index contributed by atoms with van der Waals surface area (Å²) in [6.07, 6.45) is 1.43. The van der Waals surface area contributed by atoms with Crippen LogP contribution in [-0.2, 0) is 16.0 Å². The van der Waals surface area contributed by atoms with Crippen LogP contribution in [0.15, 0.2) is 11.1 Å². The number of H-pyrrole nitrogens is 1. The molecule has 2 aromatic heterocycles. The van der Waals surface area contributed by atoms with Crippen LogP contribution < -0.4 is 80.2 Å². The monoisotopic (exact) mass is 403 g/mol. The number of fused-ring (bicyclic) bond motifs is 1. The average molecular weight is 403 g/mol. The SMILES string of the molecule is Nc1nc2c(ncn2COCCO)c(=O)[nH]1.O.O.O=P([O-])([O-])O.[Na+].[Na+]. The third-order valence-electron chi connectivity index (χ3n) is 1.96. The molecule has 0 radical (unpaired) electrons. The summed E-state index contributed by atoms with van der Waals surface area (Å²) in [6, 6.07) is 0. The first-order valence-corrected chi connectivity index (χ1v) is 6.86. The molecule has 0 spiro atoms. The molecule has 0 atom stereocenters. The van der Waals surface area contributed by atoms with Gasteiger partial charge in [0.1, 0.15) is 6.73 Å². The van der Waals surface area contributed by atoms with E-state index in [4.69, 9.17) is 34.8 Å². The molecule has 0 aliphatic heterocycles. The predicted molar refractivity (Wildman–Crippen MR) is 72.7 cm³/mol. The van der Waals surface area contributed by atoms with Crippen molar-refractivity contribution in [2.75, 3.05) is 18.9 Å². The van der Waals surface area contributed by atoms with Crippen molar-refractivity contribution in [2.24, 2.45) is 0 Å². The summed E-state index contributed by atoms with van der Waals surface area (Å²) in [7, 11) is -5.14. The van der Waals surface area contributed by atoms with E-state index in [1.54, 1.807) is 0 Å². The molecular formula is C8H16N5Na2O9P. The molecule has 2 heterocycles. The fourth-order valence-corrected chi connectivity index (χ4v) is 1.29. The smallest absolute Gasteiger partial charge is 0.790 e. The Bertz CT molecular complexity index is 697. The second-order valence-corrected chi connectivity index (χ2v) is 4.50. The van der Waals surface area contributed by atoms with Crippen LogP contribution in [0.25, 0.3) is 11.2 Å². The van der Waals surface area contributed by atoms with Gasteiger partial charge in [0.05, 0.1) is 27.4 Å². The number of ether oxygens (including phenoxy) is 1. The van der Waals surface area contributed by atoms with Crippen molar-refractivity contribution < 1.29 is 99.2 Å². The minimum absolute atomic E-state index is 0. The van der Waals surface area contributed by atoms with Gasteiger partial charge in [-0.2, -0.15) is 4.98 Å². The minimum Gasteiger partial charge on any atom is -0.790 e. The van der Waals surface area contributed by atoms with E-state index in [2.05, 4.69) is 15.0 Å². The predicted octanol–water partition coefficient (Wildman–Crippen LogP) is -11.2. The maximum absolute atomic E-state index is 11.4. The van der Waals surface area contributed by atoms with E-state index in [1.807, 2.05) is 0 Å². The Balaban J connectivity index is -0.000000219. The number of anilines is 1. The Morgan fingerprint density at radius 1 is 1.36 bits per heavy atom. The molecule has 0 aliphatic carbocycles. The number of phosphoric acid groups is 1. The van der Waals surface area contributed by atoms with Crippen molar-refractivity contribution in [3.8, 4) is 0 Å². The number of hydrogen-bond donors (Lipinski definition) is 4. The van der Waals surface area contributed by atoms with Gasteiger partial charge in [-0.05, 0) is 0 Å². The van der Waals surface area contributed by atoms with Crippen LogP contribution in [0.2, 0.25) is 0 Å². The number of nitrogens with one attached hydrogen (secondary N) is 1. The van der Waals surface area contributed by atoms with Crippen molar-refractivity contribution in [3.05, 3.63) is 16.7 Å². The van der Waals surface area contributed by atoms with Gasteiger partial charge in [0.25, 0.3) is 5.56 Å². The second-order valence-electron chi connectivity index (χ2n) is 3.57. The standard InChI is InChI=1S/C8H11N5O3.2Na.H3O4P.2H2O/c9-8-11-6-5(7(15)12-8)10-3-13(6)4-16-2-1-14;;;1-5(2,3)4;;/h3,14H,1-2,4H2,(H3,9,11,12,15);;;(H3,1,2,3,4);2*1H2/q;2*+1;;;/p-2. The molecule has 2 aromatic rings. The van der Waals surface area contributed by atoms with E-state index >= 15 is 0 Å². The van der Waals surface area contributed by atoms with Gasteiger partial charge in [0.2, 0.25) is 5.95 Å². The van der Waals surface area contributed by atoms with Crippen LogP contribution in [0.1, 0.15) is 0 Å². The number of aromatic amines is 1. The molecule has 0 aliphatic rings. The molecule has 25 heavy (non-hydrogen) atoms. The van der Waals surface area contributed by atoms with Crippen molar-refractivity contribution in [1.82, 2.24) is 19.5 Å². The second kappa shape index (κ2) is 15.2. The molecular weight excluding hydrogens is 387 g/mol. The number of aliphatic hydroxyl groups is 1. The van der Waals surface area contributed by atoms with Gasteiger partial charge >= 0.3 is 59.1 Å². The molecule has 2 rings (SSSR count). The van der Waals surface area contributed by atoms with Gasteiger partial charge in [-0.15, -0.1) is 0 Å². The summed E-state index contributed by atoms with van der Waals surface area (Å²) in [5.74, 6) is 0.0291. The van der Waals surface area contributed by atoms with Crippen molar-refractivity contribution >= 4 is 24.9 Å². The topological polar surface area (TPSA) is 265 Å². The number of hydrogen-bond acceptors (Lipinski definition) is 9. The van der Waals surface area contributed by atoms with Crippen LogP contribution in [0, 0.1) is 0 Å². The Hall–Kier alpha value is 0.1000. The van der Waals surface area contributed by atoms with Crippen LogP contribution in [-0.4, -0.2) is 53.7 Å². The number of aliphatic hydroxyl groups excluding tert-OH is 1. The van der Waals surface area contributed by atoms with E-state index in [1.165, 1.54) is 10.9 Å². The largest absolute Gasteiger partial charge is 1.00 e. The van der Waals surface area contributed by atoms with Crippen LogP contribution in [0.5, 0.6) is 0 Å². The van der Waals surface area contributed by atoms with E-state index < -0.39 is 7.82 Å².